The van der Waals surface area contributed by atoms with E-state index in [1.807, 2.05) is 0 Å². The quantitative estimate of drug-likeness (QED) is 0.847. The molecule has 0 bridgehead atoms. The summed E-state index contributed by atoms with van der Waals surface area (Å²) in [6.07, 6.45) is 1.01. The molecule has 0 amide bonds. The van der Waals surface area contributed by atoms with Gasteiger partial charge in [0.2, 0.25) is 10.0 Å². The van der Waals surface area contributed by atoms with Gasteiger partial charge in [-0.15, -0.1) is 0 Å². The van der Waals surface area contributed by atoms with E-state index in [0.717, 1.165) is 6.07 Å². The van der Waals surface area contributed by atoms with Gasteiger partial charge in [0.1, 0.15) is 10.7 Å². The number of aliphatic hydroxyl groups excluding tert-OH is 1. The molecule has 4 nitrogen and oxygen atoms in total. The number of aryl methyl sites for hydroxylation is 1. The second kappa shape index (κ2) is 6.65. The van der Waals surface area contributed by atoms with Crippen LogP contribution in [0.2, 0.25) is 5.02 Å². The lowest BCUT2D eigenvalue weighted by molar-refractivity contribution is 0.279. The minimum absolute atomic E-state index is 0.00246. The van der Waals surface area contributed by atoms with E-state index in [2.05, 4.69) is 4.72 Å². The maximum Gasteiger partial charge on any atom is 0.242 e. The standard InChI is InChI=1S/C12H17ClFNO3S/c1-8-6-12(10(13)7-11(8)14)19(17,18)15-9(2)4-3-5-16/h6-7,9,15-16H,3-5H2,1-2H3. The lowest BCUT2D eigenvalue weighted by Crippen LogP contribution is -2.33. The van der Waals surface area contributed by atoms with Gasteiger partial charge in [0.05, 0.1) is 5.02 Å². The van der Waals surface area contributed by atoms with Crippen LogP contribution in [0.5, 0.6) is 0 Å². The molecule has 7 heteroatoms. The average Bonchev–Trinajstić information content (AvgIpc) is 2.30. The Bertz CT molecular complexity index is 548. The van der Waals surface area contributed by atoms with Gasteiger partial charge < -0.3 is 5.11 Å². The van der Waals surface area contributed by atoms with Crippen molar-refractivity contribution >= 4 is 21.6 Å². The van der Waals surface area contributed by atoms with Crippen LogP contribution in [0.3, 0.4) is 0 Å². The van der Waals surface area contributed by atoms with E-state index in [-0.39, 0.29) is 28.1 Å². The highest BCUT2D eigenvalue weighted by atomic mass is 35.5. The van der Waals surface area contributed by atoms with Crippen LogP contribution in [0.15, 0.2) is 17.0 Å². The molecule has 1 rings (SSSR count). The van der Waals surface area contributed by atoms with Crippen molar-refractivity contribution in [2.45, 2.75) is 37.6 Å². The van der Waals surface area contributed by atoms with E-state index in [0.29, 0.717) is 12.8 Å². The number of rotatable bonds is 6. The van der Waals surface area contributed by atoms with E-state index in [1.165, 1.54) is 13.0 Å². The minimum atomic E-state index is -3.79. The molecule has 2 N–H and O–H groups in total. The van der Waals surface area contributed by atoms with Crippen molar-refractivity contribution in [1.29, 1.82) is 0 Å². The molecule has 0 aliphatic carbocycles. The summed E-state index contributed by atoms with van der Waals surface area (Å²) in [6.45, 7) is 3.17. The Balaban J connectivity index is 2.98. The topological polar surface area (TPSA) is 66.4 Å². The number of sulfonamides is 1. The molecule has 1 aromatic carbocycles. The number of aliphatic hydroxyl groups is 1. The van der Waals surface area contributed by atoms with E-state index < -0.39 is 15.8 Å². The van der Waals surface area contributed by atoms with E-state index in [1.54, 1.807) is 6.92 Å². The van der Waals surface area contributed by atoms with E-state index in [4.69, 9.17) is 16.7 Å². The fraction of sp³-hybridized carbons (Fsp3) is 0.500. The second-order valence-corrected chi connectivity index (χ2v) is 6.51. The van der Waals surface area contributed by atoms with Gasteiger partial charge in [-0.1, -0.05) is 11.6 Å². The summed E-state index contributed by atoms with van der Waals surface area (Å²) in [7, 11) is -3.79. The van der Waals surface area contributed by atoms with Crippen molar-refractivity contribution in [3.63, 3.8) is 0 Å². The number of benzene rings is 1. The van der Waals surface area contributed by atoms with Crippen molar-refractivity contribution in [2.75, 3.05) is 6.61 Å². The molecule has 0 radical (unpaired) electrons. The first-order valence-corrected chi connectivity index (χ1v) is 7.73. The Morgan fingerprint density at radius 1 is 1.47 bits per heavy atom. The number of halogens is 2. The molecule has 1 atom stereocenters. The maximum absolute atomic E-state index is 13.2. The Labute approximate surface area is 117 Å². The molecular weight excluding hydrogens is 293 g/mol. The molecule has 108 valence electrons. The van der Waals surface area contributed by atoms with Crippen LogP contribution in [0.25, 0.3) is 0 Å². The number of hydrogen-bond donors (Lipinski definition) is 2. The average molecular weight is 310 g/mol. The summed E-state index contributed by atoms with van der Waals surface area (Å²) in [6, 6.07) is 1.86. The highest BCUT2D eigenvalue weighted by Crippen LogP contribution is 2.25. The molecule has 0 aliphatic rings. The zero-order valence-electron chi connectivity index (χ0n) is 10.8. The molecular formula is C12H17ClFNO3S. The molecule has 1 aromatic rings. The summed E-state index contributed by atoms with van der Waals surface area (Å²) in [5.41, 5.74) is 0.216. The summed E-state index contributed by atoms with van der Waals surface area (Å²) in [5.74, 6) is -0.544. The predicted octanol–water partition coefficient (Wildman–Crippen LogP) is 2.23. The highest BCUT2D eigenvalue weighted by molar-refractivity contribution is 7.89. The first kappa shape index (κ1) is 16.4. The van der Waals surface area contributed by atoms with Crippen LogP contribution >= 0.6 is 11.6 Å². The molecule has 0 saturated carbocycles. The molecule has 0 saturated heterocycles. The molecule has 0 aliphatic heterocycles. The molecule has 1 unspecified atom stereocenters. The first-order valence-electron chi connectivity index (χ1n) is 5.86. The normalized spacial score (nSPS) is 13.5. The smallest absolute Gasteiger partial charge is 0.242 e. The summed E-state index contributed by atoms with van der Waals surface area (Å²) < 4.78 is 39.9. The Hall–Kier alpha value is -0.690. The lowest BCUT2D eigenvalue weighted by Gasteiger charge is -2.15. The van der Waals surface area contributed by atoms with E-state index in [9.17, 15) is 12.8 Å². The zero-order valence-corrected chi connectivity index (χ0v) is 12.4. The predicted molar refractivity (Wildman–Crippen MR) is 72.3 cm³/mol. The van der Waals surface area contributed by atoms with Gasteiger partial charge in [-0.25, -0.2) is 17.5 Å². The third-order valence-electron chi connectivity index (χ3n) is 2.65. The lowest BCUT2D eigenvalue weighted by atomic mass is 10.2. The fourth-order valence-electron chi connectivity index (χ4n) is 1.62. The molecule has 0 aromatic heterocycles. The van der Waals surface area contributed by atoms with Crippen LogP contribution in [0, 0.1) is 12.7 Å². The first-order chi connectivity index (χ1) is 8.77. The van der Waals surface area contributed by atoms with Crippen molar-refractivity contribution in [1.82, 2.24) is 4.72 Å². The number of hydrogen-bond acceptors (Lipinski definition) is 3. The summed E-state index contributed by atoms with van der Waals surface area (Å²) in [5, 5.41) is 8.55. The van der Waals surface area contributed by atoms with Gasteiger partial charge in [-0.05, 0) is 44.4 Å². The maximum atomic E-state index is 13.2. The van der Waals surface area contributed by atoms with Gasteiger partial charge in [0.15, 0.2) is 0 Å². The van der Waals surface area contributed by atoms with Crippen molar-refractivity contribution in [3.8, 4) is 0 Å². The van der Waals surface area contributed by atoms with Gasteiger partial charge in [0, 0.05) is 12.6 Å². The van der Waals surface area contributed by atoms with Crippen LogP contribution in [0.1, 0.15) is 25.3 Å². The van der Waals surface area contributed by atoms with Gasteiger partial charge in [0.25, 0.3) is 0 Å². The molecule has 0 spiro atoms. The van der Waals surface area contributed by atoms with Gasteiger partial charge in [-0.2, -0.15) is 0 Å². The minimum Gasteiger partial charge on any atom is -0.396 e. The second-order valence-electron chi connectivity index (χ2n) is 4.42. The van der Waals surface area contributed by atoms with Gasteiger partial charge in [-0.3, -0.25) is 0 Å². The Kier molecular flexibility index (Phi) is 5.73. The highest BCUT2D eigenvalue weighted by Gasteiger charge is 2.21. The number of nitrogens with one attached hydrogen (secondary N) is 1. The van der Waals surface area contributed by atoms with Crippen molar-refractivity contribution < 1.29 is 17.9 Å². The van der Waals surface area contributed by atoms with Crippen LogP contribution < -0.4 is 4.72 Å². The largest absolute Gasteiger partial charge is 0.396 e. The third kappa shape index (κ3) is 4.42. The van der Waals surface area contributed by atoms with Gasteiger partial charge >= 0.3 is 0 Å². The summed E-state index contributed by atoms with van der Waals surface area (Å²) in [4.78, 5) is -0.135. The van der Waals surface area contributed by atoms with Crippen LogP contribution in [-0.4, -0.2) is 26.2 Å². The van der Waals surface area contributed by atoms with Crippen molar-refractivity contribution in [3.05, 3.63) is 28.5 Å². The Morgan fingerprint density at radius 3 is 2.68 bits per heavy atom. The fourth-order valence-corrected chi connectivity index (χ4v) is 3.50. The Morgan fingerprint density at radius 2 is 2.11 bits per heavy atom. The van der Waals surface area contributed by atoms with Crippen LogP contribution in [-0.2, 0) is 10.0 Å². The van der Waals surface area contributed by atoms with Crippen LogP contribution in [0.4, 0.5) is 4.39 Å². The molecule has 0 heterocycles. The monoisotopic (exact) mass is 309 g/mol. The third-order valence-corrected chi connectivity index (χ3v) is 4.71. The van der Waals surface area contributed by atoms with Crippen molar-refractivity contribution in [2.24, 2.45) is 0 Å². The zero-order chi connectivity index (χ0) is 14.6. The molecule has 0 fully saturated rings. The molecule has 19 heavy (non-hydrogen) atoms. The summed E-state index contributed by atoms with van der Waals surface area (Å²) >= 11 is 5.77. The van der Waals surface area contributed by atoms with E-state index >= 15 is 0 Å². The SMILES string of the molecule is Cc1cc(S(=O)(=O)NC(C)CCCO)c(Cl)cc1F.